The van der Waals surface area contributed by atoms with Gasteiger partial charge in [0, 0.05) is 17.8 Å². The minimum Gasteiger partial charge on any atom is -0.493 e. The Hall–Kier alpha value is -3.78. The standard InChI is InChI=1S/C25H24N4O3S/c1-31-21-14-13-19(15-22(21)32-2)24-27-28-25(29(24)20-11-7-4-8-12-20)33-17-23(30)26-16-18-9-5-3-6-10-18/h3-15H,16-17H2,1-2H3,(H,26,30). The first-order valence-corrected chi connectivity index (χ1v) is 11.3. The lowest BCUT2D eigenvalue weighted by molar-refractivity contribution is -0.118. The Bertz CT molecular complexity index is 1210. The molecule has 0 atom stereocenters. The third-order valence-corrected chi connectivity index (χ3v) is 5.88. The smallest absolute Gasteiger partial charge is 0.230 e. The van der Waals surface area contributed by atoms with Gasteiger partial charge in [0.05, 0.1) is 20.0 Å². The molecule has 0 saturated heterocycles. The first kappa shape index (κ1) is 22.4. The van der Waals surface area contributed by atoms with Gasteiger partial charge in [-0.1, -0.05) is 60.3 Å². The zero-order valence-electron chi connectivity index (χ0n) is 18.4. The van der Waals surface area contributed by atoms with Crippen molar-refractivity contribution in [3.05, 3.63) is 84.4 Å². The van der Waals surface area contributed by atoms with E-state index < -0.39 is 0 Å². The summed E-state index contributed by atoms with van der Waals surface area (Å²) < 4.78 is 12.7. The van der Waals surface area contributed by atoms with Gasteiger partial charge in [-0.3, -0.25) is 9.36 Å². The van der Waals surface area contributed by atoms with Gasteiger partial charge in [-0.25, -0.2) is 0 Å². The van der Waals surface area contributed by atoms with Crippen LogP contribution in [-0.2, 0) is 11.3 Å². The van der Waals surface area contributed by atoms with E-state index in [1.165, 1.54) is 11.8 Å². The van der Waals surface area contributed by atoms with E-state index in [1.807, 2.05) is 83.4 Å². The largest absolute Gasteiger partial charge is 0.493 e. The molecule has 0 bridgehead atoms. The Kier molecular flexibility index (Phi) is 7.26. The molecule has 0 aliphatic rings. The number of nitrogens with zero attached hydrogens (tertiary/aromatic N) is 3. The van der Waals surface area contributed by atoms with Gasteiger partial charge in [0.15, 0.2) is 22.5 Å². The van der Waals surface area contributed by atoms with E-state index in [1.54, 1.807) is 14.2 Å². The van der Waals surface area contributed by atoms with Gasteiger partial charge in [-0.05, 0) is 35.9 Å². The number of aromatic nitrogens is 3. The number of ether oxygens (including phenoxy) is 2. The Labute approximate surface area is 196 Å². The van der Waals surface area contributed by atoms with Gasteiger partial charge in [0.25, 0.3) is 0 Å². The van der Waals surface area contributed by atoms with Gasteiger partial charge >= 0.3 is 0 Å². The molecular weight excluding hydrogens is 436 g/mol. The van der Waals surface area contributed by atoms with Crippen LogP contribution in [0.3, 0.4) is 0 Å². The molecule has 1 heterocycles. The van der Waals surface area contributed by atoms with Crippen LogP contribution in [0.15, 0.2) is 84.0 Å². The monoisotopic (exact) mass is 460 g/mol. The van der Waals surface area contributed by atoms with Crippen molar-refractivity contribution in [3.63, 3.8) is 0 Å². The Balaban J connectivity index is 1.57. The first-order chi connectivity index (χ1) is 16.2. The summed E-state index contributed by atoms with van der Waals surface area (Å²) in [7, 11) is 3.19. The summed E-state index contributed by atoms with van der Waals surface area (Å²) in [6, 6.07) is 25.2. The van der Waals surface area contributed by atoms with Crippen LogP contribution in [0.5, 0.6) is 11.5 Å². The molecule has 0 unspecified atom stereocenters. The minimum absolute atomic E-state index is 0.0702. The predicted octanol–water partition coefficient (Wildman–Crippen LogP) is 4.36. The fourth-order valence-corrected chi connectivity index (χ4v) is 4.09. The molecule has 0 saturated carbocycles. The highest BCUT2D eigenvalue weighted by Crippen LogP contribution is 2.34. The molecule has 4 aromatic rings. The molecule has 1 aromatic heterocycles. The number of methoxy groups -OCH3 is 2. The number of carbonyl (C=O) groups is 1. The van der Waals surface area contributed by atoms with E-state index >= 15 is 0 Å². The molecule has 168 valence electrons. The average molecular weight is 461 g/mol. The molecule has 7 nitrogen and oxygen atoms in total. The van der Waals surface area contributed by atoms with Crippen LogP contribution >= 0.6 is 11.8 Å². The summed E-state index contributed by atoms with van der Waals surface area (Å²) in [5.41, 5.74) is 2.78. The zero-order valence-corrected chi connectivity index (χ0v) is 19.2. The topological polar surface area (TPSA) is 78.3 Å². The van der Waals surface area contributed by atoms with Crippen LogP contribution in [0, 0.1) is 0 Å². The highest BCUT2D eigenvalue weighted by atomic mass is 32.2. The zero-order chi connectivity index (χ0) is 23.0. The van der Waals surface area contributed by atoms with Crippen LogP contribution < -0.4 is 14.8 Å². The Morgan fingerprint density at radius 3 is 2.30 bits per heavy atom. The maximum Gasteiger partial charge on any atom is 0.230 e. The van der Waals surface area contributed by atoms with Crippen molar-refractivity contribution >= 4 is 17.7 Å². The summed E-state index contributed by atoms with van der Waals surface area (Å²) in [6.45, 7) is 0.489. The van der Waals surface area contributed by atoms with E-state index in [-0.39, 0.29) is 11.7 Å². The molecule has 0 aliphatic heterocycles. The molecule has 0 radical (unpaired) electrons. The van der Waals surface area contributed by atoms with Crippen molar-refractivity contribution in [2.24, 2.45) is 0 Å². The molecule has 3 aromatic carbocycles. The molecule has 0 aliphatic carbocycles. The lowest BCUT2D eigenvalue weighted by atomic mass is 10.2. The number of nitrogens with one attached hydrogen (secondary N) is 1. The number of amides is 1. The highest BCUT2D eigenvalue weighted by molar-refractivity contribution is 7.99. The van der Waals surface area contributed by atoms with Crippen LogP contribution in [0.2, 0.25) is 0 Å². The maximum absolute atomic E-state index is 12.4. The van der Waals surface area contributed by atoms with Crippen molar-refractivity contribution in [2.45, 2.75) is 11.7 Å². The number of benzene rings is 3. The number of carbonyl (C=O) groups excluding carboxylic acids is 1. The van der Waals surface area contributed by atoms with Crippen molar-refractivity contribution in [3.8, 4) is 28.6 Å². The molecule has 1 N–H and O–H groups in total. The summed E-state index contributed by atoms with van der Waals surface area (Å²) in [5.74, 6) is 2.04. The van der Waals surface area contributed by atoms with Crippen molar-refractivity contribution in [2.75, 3.05) is 20.0 Å². The van der Waals surface area contributed by atoms with Gasteiger partial charge in [-0.2, -0.15) is 0 Å². The fraction of sp³-hybridized carbons (Fsp3) is 0.160. The second-order valence-corrected chi connectivity index (χ2v) is 8.04. The second-order valence-electron chi connectivity index (χ2n) is 7.10. The van der Waals surface area contributed by atoms with Gasteiger partial charge < -0.3 is 14.8 Å². The van der Waals surface area contributed by atoms with E-state index in [9.17, 15) is 4.79 Å². The van der Waals surface area contributed by atoms with Gasteiger partial charge in [-0.15, -0.1) is 10.2 Å². The van der Waals surface area contributed by atoms with Crippen LogP contribution in [0.4, 0.5) is 0 Å². The van der Waals surface area contributed by atoms with E-state index in [2.05, 4.69) is 15.5 Å². The normalized spacial score (nSPS) is 10.6. The molecular formula is C25H24N4O3S. The lowest BCUT2D eigenvalue weighted by Gasteiger charge is -2.12. The Morgan fingerprint density at radius 2 is 1.61 bits per heavy atom. The second kappa shape index (κ2) is 10.7. The van der Waals surface area contributed by atoms with E-state index in [4.69, 9.17) is 9.47 Å². The number of hydrogen-bond donors (Lipinski definition) is 1. The number of rotatable bonds is 9. The molecule has 4 rings (SSSR count). The Morgan fingerprint density at radius 1 is 0.909 bits per heavy atom. The number of para-hydroxylation sites is 1. The minimum atomic E-state index is -0.0702. The van der Waals surface area contributed by atoms with Crippen LogP contribution in [0.25, 0.3) is 17.1 Å². The average Bonchev–Trinajstić information content (AvgIpc) is 3.31. The summed E-state index contributed by atoms with van der Waals surface area (Å²) >= 11 is 1.34. The fourth-order valence-electron chi connectivity index (χ4n) is 3.31. The van der Waals surface area contributed by atoms with Crippen LogP contribution in [0.1, 0.15) is 5.56 Å². The maximum atomic E-state index is 12.4. The van der Waals surface area contributed by atoms with Gasteiger partial charge in [0.1, 0.15) is 0 Å². The van der Waals surface area contributed by atoms with E-state index in [0.29, 0.717) is 29.0 Å². The summed E-state index contributed by atoms with van der Waals surface area (Å²) in [6.07, 6.45) is 0. The number of hydrogen-bond acceptors (Lipinski definition) is 6. The number of thioether (sulfide) groups is 1. The summed E-state index contributed by atoms with van der Waals surface area (Å²) in [4.78, 5) is 12.4. The van der Waals surface area contributed by atoms with Crippen molar-refractivity contribution < 1.29 is 14.3 Å². The molecule has 33 heavy (non-hydrogen) atoms. The molecule has 1 amide bonds. The molecule has 8 heteroatoms. The summed E-state index contributed by atoms with van der Waals surface area (Å²) in [5, 5.41) is 12.4. The van der Waals surface area contributed by atoms with Crippen molar-refractivity contribution in [1.29, 1.82) is 0 Å². The highest BCUT2D eigenvalue weighted by Gasteiger charge is 2.18. The quantitative estimate of drug-likeness (QED) is 0.374. The predicted molar refractivity (Wildman–Crippen MR) is 129 cm³/mol. The first-order valence-electron chi connectivity index (χ1n) is 10.4. The molecule has 0 fully saturated rings. The third kappa shape index (κ3) is 5.35. The van der Waals surface area contributed by atoms with E-state index in [0.717, 1.165) is 16.8 Å². The lowest BCUT2D eigenvalue weighted by Crippen LogP contribution is -2.24. The molecule has 0 spiro atoms. The van der Waals surface area contributed by atoms with Crippen molar-refractivity contribution in [1.82, 2.24) is 20.1 Å². The third-order valence-electron chi connectivity index (χ3n) is 4.95. The van der Waals surface area contributed by atoms with Gasteiger partial charge in [0.2, 0.25) is 5.91 Å². The van der Waals surface area contributed by atoms with Crippen LogP contribution in [-0.4, -0.2) is 40.6 Å². The SMILES string of the molecule is COc1ccc(-c2nnc(SCC(=O)NCc3ccccc3)n2-c2ccccc2)cc1OC.